The molecule has 1 rings (SSSR count). The molecule has 19 nitrogen and oxygen atoms in total. The molecule has 0 radical (unpaired) electrons. The van der Waals surface area contributed by atoms with Gasteiger partial charge in [0.25, 0.3) is 0 Å². The van der Waals surface area contributed by atoms with Crippen molar-refractivity contribution in [1.29, 1.82) is 0 Å². The summed E-state index contributed by atoms with van der Waals surface area (Å²) in [6, 6.07) is -1.20. The van der Waals surface area contributed by atoms with Crippen molar-refractivity contribution in [2.45, 2.75) is 199 Å². The fourth-order valence-corrected chi connectivity index (χ4v) is 6.67. The zero-order chi connectivity index (χ0) is 52.7. The second kappa shape index (κ2) is 41.2. The average molecular weight is 1010 g/mol. The van der Waals surface area contributed by atoms with E-state index in [1.54, 1.807) is 20.8 Å². The predicted molar refractivity (Wildman–Crippen MR) is 268 cm³/mol. The highest BCUT2D eigenvalue weighted by atomic mass is 16.7. The van der Waals surface area contributed by atoms with Crippen LogP contribution in [-0.4, -0.2) is 155 Å². The quantitative estimate of drug-likeness (QED) is 0.0174. The standard InChI is InChI=1S/C52H87N3O16/c1-6-8-9-10-11-12-13-14-15-16-17-18-19-20-21-22-23-24-26-32-43(57)53-34-29-25-27-33-44(58)54-35-30-28-31-40(49(63)66-7-2)55-52(65)71-47-45(59)42(69-50(64)46(47)60)37-68-51(48(61)62)70-41(39(5)56)36-67-38(3)4/h8-9,11-12,14-15,17-18,20-21,23-24,38-42,45-48,50-51,56,59-62,64H,6-7,10,13,16,19,22,25-37H2,1-5H3,(H,53,57)(H,54,58)(H,55,65)/b9-8-,12-11-,15-14-,18-17-,21-20-,24-23-/t39-,40-,41?,42?,45?,46?,47?,50?,51?/m0/s1. The first-order chi connectivity index (χ1) is 34.1. The van der Waals surface area contributed by atoms with Crippen LogP contribution in [0.2, 0.25) is 0 Å². The molecule has 1 fully saturated rings. The van der Waals surface area contributed by atoms with E-state index in [4.69, 9.17) is 28.4 Å². The molecule has 1 saturated heterocycles. The predicted octanol–water partition coefficient (Wildman–Crippen LogP) is 4.74. The number of carbonyl (C=O) groups is 4. The molecule has 0 aromatic heterocycles. The molecule has 1 aliphatic heterocycles. The second-order valence-electron chi connectivity index (χ2n) is 17.2. The van der Waals surface area contributed by atoms with Gasteiger partial charge in [-0.15, -0.1) is 0 Å². The molecule has 0 bridgehead atoms. The van der Waals surface area contributed by atoms with Crippen LogP contribution in [0.25, 0.3) is 0 Å². The van der Waals surface area contributed by atoms with Crippen molar-refractivity contribution >= 4 is 23.9 Å². The number of esters is 1. The summed E-state index contributed by atoms with van der Waals surface area (Å²) in [5.74, 6) is -0.909. The topological polar surface area (TPSA) is 281 Å². The molecule has 406 valence electrons. The van der Waals surface area contributed by atoms with Gasteiger partial charge in [-0.05, 0) is 105 Å². The number of ether oxygens (including phenoxy) is 6. The molecule has 9 atom stereocenters. The Morgan fingerprint density at radius 3 is 1.75 bits per heavy atom. The van der Waals surface area contributed by atoms with Gasteiger partial charge < -0.3 is 75.0 Å². The maximum atomic E-state index is 13.0. The number of aliphatic hydroxyl groups excluding tert-OH is 5. The van der Waals surface area contributed by atoms with Crippen LogP contribution >= 0.6 is 0 Å². The van der Waals surface area contributed by atoms with Crippen LogP contribution in [-0.2, 0) is 42.8 Å². The molecular formula is C52H87N3O16. The summed E-state index contributed by atoms with van der Waals surface area (Å²) in [6.07, 6.45) is 19.3. The van der Waals surface area contributed by atoms with E-state index in [0.717, 1.165) is 51.4 Å². The lowest BCUT2D eigenvalue weighted by Gasteiger charge is -2.40. The number of hydrogen-bond acceptors (Lipinski definition) is 16. The first-order valence-corrected chi connectivity index (χ1v) is 25.3. The number of rotatable bonds is 39. The number of nitrogens with one attached hydrogen (secondary N) is 3. The van der Waals surface area contributed by atoms with Crippen LogP contribution in [0.3, 0.4) is 0 Å². The fourth-order valence-electron chi connectivity index (χ4n) is 6.67. The highest BCUT2D eigenvalue weighted by Gasteiger charge is 2.47. The van der Waals surface area contributed by atoms with Crippen LogP contribution in [0, 0.1) is 0 Å². The van der Waals surface area contributed by atoms with Gasteiger partial charge in [0.15, 0.2) is 12.4 Å². The van der Waals surface area contributed by atoms with Crippen molar-refractivity contribution < 1.29 is 78.2 Å². The van der Waals surface area contributed by atoms with Gasteiger partial charge in [0.05, 0.1) is 32.0 Å². The van der Waals surface area contributed by atoms with Crippen molar-refractivity contribution in [2.24, 2.45) is 0 Å². The van der Waals surface area contributed by atoms with E-state index in [9.17, 15) is 49.8 Å². The van der Waals surface area contributed by atoms with Crippen LogP contribution in [0.15, 0.2) is 72.9 Å². The molecule has 0 aromatic rings. The van der Waals surface area contributed by atoms with Crippen molar-refractivity contribution in [2.75, 3.05) is 32.9 Å². The highest BCUT2D eigenvalue weighted by molar-refractivity contribution is 5.81. The molecule has 1 aliphatic rings. The third-order valence-corrected chi connectivity index (χ3v) is 10.7. The Hall–Kier alpha value is -4.28. The lowest BCUT2D eigenvalue weighted by atomic mass is 9.99. The second-order valence-corrected chi connectivity index (χ2v) is 17.2. The van der Waals surface area contributed by atoms with Crippen molar-refractivity contribution in [1.82, 2.24) is 16.0 Å². The average Bonchev–Trinajstić information content (AvgIpc) is 3.32. The summed E-state index contributed by atoms with van der Waals surface area (Å²) in [5, 5.41) is 69.7. The first kappa shape index (κ1) is 64.7. The van der Waals surface area contributed by atoms with E-state index < -0.39 is 80.2 Å². The Bertz CT molecular complexity index is 1620. The maximum Gasteiger partial charge on any atom is 0.408 e. The van der Waals surface area contributed by atoms with Gasteiger partial charge in [0.1, 0.15) is 30.5 Å². The third-order valence-electron chi connectivity index (χ3n) is 10.7. The summed E-state index contributed by atoms with van der Waals surface area (Å²) >= 11 is 0. The highest BCUT2D eigenvalue weighted by Crippen LogP contribution is 2.24. The number of alkyl carbamates (subject to hydrolysis) is 1. The van der Waals surface area contributed by atoms with Crippen LogP contribution in [0.4, 0.5) is 4.79 Å². The summed E-state index contributed by atoms with van der Waals surface area (Å²) in [7, 11) is 0. The van der Waals surface area contributed by atoms with Gasteiger partial charge in [0.2, 0.25) is 24.4 Å². The minimum atomic E-state index is -2.22. The lowest BCUT2D eigenvalue weighted by Crippen LogP contribution is -2.61. The molecule has 0 saturated carbocycles. The molecule has 0 aromatic carbocycles. The molecule has 0 aliphatic carbocycles. The van der Waals surface area contributed by atoms with Crippen LogP contribution in [0.1, 0.15) is 131 Å². The number of hydrogen-bond donors (Lipinski definition) is 9. The number of carbonyl (C=O) groups excluding carboxylic acids is 4. The number of allylic oxidation sites excluding steroid dienone is 12. The van der Waals surface area contributed by atoms with Crippen LogP contribution < -0.4 is 16.0 Å². The SMILES string of the molecule is CC/C=C\C/C=C\C/C=C\C/C=C\C/C=C\C/C=C\CCC(=O)NCCCCCC(=O)NCCCC[C@H](NC(=O)OC1C(O)C(O)OC(COC(OC(COC(C)C)[C@H](C)O)C(O)O)C1O)C(=O)OCC. The number of unbranched alkanes of at least 4 members (excludes halogenated alkanes) is 3. The van der Waals surface area contributed by atoms with E-state index in [1.807, 2.05) is 6.08 Å². The third kappa shape index (κ3) is 32.4. The molecule has 19 heteroatoms. The van der Waals surface area contributed by atoms with Crippen LogP contribution in [0.5, 0.6) is 0 Å². The molecule has 9 N–H and O–H groups in total. The molecule has 1 heterocycles. The molecule has 71 heavy (non-hydrogen) atoms. The minimum absolute atomic E-state index is 0.00711. The van der Waals surface area contributed by atoms with Gasteiger partial charge >= 0.3 is 12.1 Å². The lowest BCUT2D eigenvalue weighted by molar-refractivity contribution is -0.318. The van der Waals surface area contributed by atoms with E-state index >= 15 is 0 Å². The Labute approximate surface area is 421 Å². The Balaban J connectivity index is 2.35. The summed E-state index contributed by atoms with van der Waals surface area (Å²) < 4.78 is 31.9. The first-order valence-electron chi connectivity index (χ1n) is 25.3. The number of amides is 3. The van der Waals surface area contributed by atoms with E-state index in [-0.39, 0.29) is 37.6 Å². The maximum absolute atomic E-state index is 13.0. The van der Waals surface area contributed by atoms with E-state index in [0.29, 0.717) is 51.6 Å². The monoisotopic (exact) mass is 1010 g/mol. The summed E-state index contributed by atoms with van der Waals surface area (Å²) in [4.78, 5) is 50.3. The van der Waals surface area contributed by atoms with Gasteiger partial charge in [-0.3, -0.25) is 9.59 Å². The summed E-state index contributed by atoms with van der Waals surface area (Å²) in [5.41, 5.74) is 0. The molecular weight excluding hydrogens is 923 g/mol. The van der Waals surface area contributed by atoms with Gasteiger partial charge in [-0.25, -0.2) is 9.59 Å². The van der Waals surface area contributed by atoms with Crippen molar-refractivity contribution in [3.05, 3.63) is 72.9 Å². The van der Waals surface area contributed by atoms with E-state index in [2.05, 4.69) is 89.7 Å². The van der Waals surface area contributed by atoms with Crippen molar-refractivity contribution in [3.63, 3.8) is 0 Å². The fraction of sp³-hybridized carbons (Fsp3) is 0.692. The van der Waals surface area contributed by atoms with Gasteiger partial charge in [0, 0.05) is 25.9 Å². The summed E-state index contributed by atoms with van der Waals surface area (Å²) in [6.45, 7) is 8.71. The zero-order valence-corrected chi connectivity index (χ0v) is 42.7. The Morgan fingerprint density at radius 1 is 0.662 bits per heavy atom. The van der Waals surface area contributed by atoms with E-state index in [1.165, 1.54) is 6.92 Å². The smallest absolute Gasteiger partial charge is 0.408 e. The van der Waals surface area contributed by atoms with Gasteiger partial charge in [-0.1, -0.05) is 86.3 Å². The normalized spacial score (nSPS) is 20.5. The Morgan fingerprint density at radius 2 is 1.21 bits per heavy atom. The van der Waals surface area contributed by atoms with Gasteiger partial charge in [-0.2, -0.15) is 0 Å². The molecule has 3 amide bonds. The molecule has 7 unspecified atom stereocenters. The van der Waals surface area contributed by atoms with Crippen molar-refractivity contribution in [3.8, 4) is 0 Å². The minimum Gasteiger partial charge on any atom is -0.464 e. The number of aliphatic hydroxyl groups is 6. The molecule has 0 spiro atoms. The Kier molecular flexibility index (Phi) is 37.6. The zero-order valence-electron chi connectivity index (χ0n) is 42.7. The largest absolute Gasteiger partial charge is 0.464 e.